The second kappa shape index (κ2) is 7.62. The Morgan fingerprint density at radius 3 is 2.43 bits per heavy atom. The van der Waals surface area contributed by atoms with Crippen LogP contribution in [0.15, 0.2) is 24.3 Å². The summed E-state index contributed by atoms with van der Waals surface area (Å²) < 4.78 is 5.29. The largest absolute Gasteiger partial charge is 0.494 e. The summed E-state index contributed by atoms with van der Waals surface area (Å²) in [5, 5.41) is 11.4. The second-order valence-electron chi connectivity index (χ2n) is 5.29. The number of nitrogens with one attached hydrogen (secondary N) is 1. The predicted molar refractivity (Wildman–Crippen MR) is 82.3 cm³/mol. The van der Waals surface area contributed by atoms with Gasteiger partial charge in [-0.3, -0.25) is 14.4 Å². The van der Waals surface area contributed by atoms with Crippen molar-refractivity contribution in [3.05, 3.63) is 29.8 Å². The third-order valence-corrected chi connectivity index (χ3v) is 3.44. The van der Waals surface area contributed by atoms with Crippen molar-refractivity contribution >= 4 is 17.8 Å². The summed E-state index contributed by atoms with van der Waals surface area (Å²) in [6, 6.07) is 6.57. The van der Waals surface area contributed by atoms with Gasteiger partial charge in [0.05, 0.1) is 13.2 Å². The number of hydrogen-bond acceptors (Lipinski definition) is 4. The highest BCUT2D eigenvalue weighted by molar-refractivity contribution is 5.96. The summed E-state index contributed by atoms with van der Waals surface area (Å²) in [7, 11) is 0. The number of carbonyl (C=O) groups is 3. The van der Waals surface area contributed by atoms with Crippen LogP contribution in [0.1, 0.15) is 30.1 Å². The van der Waals surface area contributed by atoms with E-state index in [9.17, 15) is 14.4 Å². The fraction of sp³-hybridized carbons (Fsp3) is 0.438. The number of ether oxygens (including phenoxy) is 1. The number of carboxylic acid groups (broad SMARTS) is 1. The molecule has 0 bridgehead atoms. The highest BCUT2D eigenvalue weighted by atomic mass is 16.5. The molecule has 0 heterocycles. The minimum absolute atomic E-state index is 0.0130. The molecule has 1 aliphatic carbocycles. The number of carbonyl (C=O) groups excluding carboxylic acids is 2. The molecule has 0 aliphatic heterocycles. The molecule has 0 atom stereocenters. The monoisotopic (exact) mass is 320 g/mol. The molecule has 7 heteroatoms. The Balaban J connectivity index is 1.87. The molecule has 0 unspecified atom stereocenters. The average Bonchev–Trinajstić information content (AvgIpc) is 3.35. The molecule has 124 valence electrons. The highest BCUT2D eigenvalue weighted by Gasteiger charge is 2.33. The lowest BCUT2D eigenvalue weighted by molar-refractivity contribution is -0.144. The van der Waals surface area contributed by atoms with Gasteiger partial charge in [0.25, 0.3) is 5.91 Å². The van der Waals surface area contributed by atoms with E-state index in [1.54, 1.807) is 24.3 Å². The summed E-state index contributed by atoms with van der Waals surface area (Å²) in [5.74, 6) is -1.15. The summed E-state index contributed by atoms with van der Waals surface area (Å²) in [6.45, 7) is 1.87. The van der Waals surface area contributed by atoms with E-state index in [0.717, 1.165) is 12.8 Å². The molecule has 2 amide bonds. The van der Waals surface area contributed by atoms with Gasteiger partial charge >= 0.3 is 5.97 Å². The smallest absolute Gasteiger partial charge is 0.323 e. The lowest BCUT2D eigenvalue weighted by Crippen LogP contribution is -2.43. The maximum Gasteiger partial charge on any atom is 0.323 e. The molecule has 7 nitrogen and oxygen atoms in total. The van der Waals surface area contributed by atoms with Crippen molar-refractivity contribution in [2.24, 2.45) is 0 Å². The Hall–Kier alpha value is -2.57. The first-order valence-electron chi connectivity index (χ1n) is 7.53. The SMILES string of the molecule is CCOc1ccc(C(=O)NCC(=O)N(CC(=O)O)C2CC2)cc1. The zero-order valence-electron chi connectivity index (χ0n) is 12.9. The molecule has 0 spiro atoms. The number of hydrogen-bond donors (Lipinski definition) is 2. The molecule has 1 fully saturated rings. The summed E-state index contributed by atoms with van der Waals surface area (Å²) >= 11 is 0. The Labute approximate surface area is 134 Å². The lowest BCUT2D eigenvalue weighted by Gasteiger charge is -2.20. The van der Waals surface area contributed by atoms with Gasteiger partial charge in [-0.05, 0) is 44.0 Å². The van der Waals surface area contributed by atoms with Gasteiger partial charge in [0.2, 0.25) is 5.91 Å². The van der Waals surface area contributed by atoms with Crippen LogP contribution in [0.3, 0.4) is 0 Å². The van der Waals surface area contributed by atoms with Gasteiger partial charge in [0, 0.05) is 11.6 Å². The van der Waals surface area contributed by atoms with Gasteiger partial charge in [-0.1, -0.05) is 0 Å². The zero-order chi connectivity index (χ0) is 16.8. The molecular formula is C16H20N2O5. The molecule has 1 aliphatic rings. The number of rotatable bonds is 8. The van der Waals surface area contributed by atoms with Crippen molar-refractivity contribution in [1.29, 1.82) is 0 Å². The van der Waals surface area contributed by atoms with Crippen LogP contribution < -0.4 is 10.1 Å². The number of amides is 2. The molecular weight excluding hydrogens is 300 g/mol. The Morgan fingerprint density at radius 1 is 1.26 bits per heavy atom. The van der Waals surface area contributed by atoms with E-state index >= 15 is 0 Å². The summed E-state index contributed by atoms with van der Waals surface area (Å²) in [4.78, 5) is 36.2. The van der Waals surface area contributed by atoms with Gasteiger partial charge in [0.1, 0.15) is 12.3 Å². The quantitative estimate of drug-likeness (QED) is 0.741. The number of carboxylic acids is 1. The van der Waals surface area contributed by atoms with Gasteiger partial charge in [0.15, 0.2) is 0 Å². The van der Waals surface area contributed by atoms with Crippen LogP contribution in [0.2, 0.25) is 0 Å². The first-order chi connectivity index (χ1) is 11.0. The van der Waals surface area contributed by atoms with E-state index in [1.807, 2.05) is 6.92 Å². The highest BCUT2D eigenvalue weighted by Crippen LogP contribution is 2.26. The average molecular weight is 320 g/mol. The molecule has 2 N–H and O–H groups in total. The van der Waals surface area contributed by atoms with E-state index in [2.05, 4.69) is 5.32 Å². The minimum Gasteiger partial charge on any atom is -0.494 e. The van der Waals surface area contributed by atoms with Crippen molar-refractivity contribution in [2.45, 2.75) is 25.8 Å². The lowest BCUT2D eigenvalue weighted by atomic mass is 10.2. The van der Waals surface area contributed by atoms with Crippen LogP contribution in [0, 0.1) is 0 Å². The van der Waals surface area contributed by atoms with Crippen molar-refractivity contribution in [2.75, 3.05) is 19.7 Å². The normalized spacial score (nSPS) is 13.3. The number of nitrogens with zero attached hydrogens (tertiary/aromatic N) is 1. The van der Waals surface area contributed by atoms with Gasteiger partial charge in [-0.2, -0.15) is 0 Å². The predicted octanol–water partition coefficient (Wildman–Crippen LogP) is 0.891. The topological polar surface area (TPSA) is 95.9 Å². The van der Waals surface area contributed by atoms with Gasteiger partial charge in [-0.25, -0.2) is 0 Å². The molecule has 2 rings (SSSR count). The summed E-state index contributed by atoms with van der Waals surface area (Å²) in [6.07, 6.45) is 1.62. The number of aliphatic carboxylic acids is 1. The standard InChI is InChI=1S/C16H20N2O5/c1-2-23-13-7-3-11(4-8-13)16(22)17-9-14(19)18(10-15(20)21)12-5-6-12/h3-4,7-8,12H,2,5-6,9-10H2,1H3,(H,17,22)(H,20,21). The summed E-state index contributed by atoms with van der Waals surface area (Å²) in [5.41, 5.74) is 0.414. The third kappa shape index (κ3) is 4.98. The number of benzene rings is 1. The van der Waals surface area contributed by atoms with Crippen LogP contribution in [-0.2, 0) is 9.59 Å². The molecule has 0 saturated heterocycles. The van der Waals surface area contributed by atoms with E-state index in [4.69, 9.17) is 9.84 Å². The minimum atomic E-state index is -1.05. The second-order valence-corrected chi connectivity index (χ2v) is 5.29. The maximum atomic E-state index is 12.1. The first-order valence-corrected chi connectivity index (χ1v) is 7.53. The van der Waals surface area contributed by atoms with Crippen LogP contribution in [0.5, 0.6) is 5.75 Å². The van der Waals surface area contributed by atoms with Gasteiger partial charge in [-0.15, -0.1) is 0 Å². The Kier molecular flexibility index (Phi) is 5.56. The van der Waals surface area contributed by atoms with Crippen LogP contribution in [0.25, 0.3) is 0 Å². The fourth-order valence-electron chi connectivity index (χ4n) is 2.18. The molecule has 0 aromatic heterocycles. The van der Waals surface area contributed by atoms with E-state index in [1.165, 1.54) is 4.90 Å². The first kappa shape index (κ1) is 16.8. The van der Waals surface area contributed by atoms with Crippen molar-refractivity contribution in [3.8, 4) is 5.75 Å². The Bertz CT molecular complexity index is 581. The molecule has 0 radical (unpaired) electrons. The van der Waals surface area contributed by atoms with Crippen molar-refractivity contribution in [1.82, 2.24) is 10.2 Å². The zero-order valence-corrected chi connectivity index (χ0v) is 12.9. The maximum absolute atomic E-state index is 12.1. The van der Waals surface area contributed by atoms with E-state index in [0.29, 0.717) is 17.9 Å². The molecule has 1 aromatic rings. The fourth-order valence-corrected chi connectivity index (χ4v) is 2.18. The van der Waals surface area contributed by atoms with Crippen molar-refractivity contribution in [3.63, 3.8) is 0 Å². The molecule has 23 heavy (non-hydrogen) atoms. The molecule has 1 saturated carbocycles. The third-order valence-electron chi connectivity index (χ3n) is 3.44. The van der Waals surface area contributed by atoms with Crippen LogP contribution in [-0.4, -0.2) is 53.5 Å². The van der Waals surface area contributed by atoms with Gasteiger partial charge < -0.3 is 20.1 Å². The van der Waals surface area contributed by atoms with Crippen LogP contribution in [0.4, 0.5) is 0 Å². The van der Waals surface area contributed by atoms with Crippen LogP contribution >= 0.6 is 0 Å². The molecule has 1 aromatic carbocycles. The van der Waals surface area contributed by atoms with Crippen molar-refractivity contribution < 1.29 is 24.2 Å². The Morgan fingerprint density at radius 2 is 1.91 bits per heavy atom. The van der Waals surface area contributed by atoms with E-state index < -0.39 is 5.97 Å². The van der Waals surface area contributed by atoms with E-state index in [-0.39, 0.29) is 30.9 Å².